The third-order valence-corrected chi connectivity index (χ3v) is 10.2. The first kappa shape index (κ1) is 58.5. The van der Waals surface area contributed by atoms with Crippen LogP contribution in [0.25, 0.3) is 0 Å². The number of hydrogen-bond acceptors (Lipinski definition) is 11. The number of ether oxygens (including phenoxy) is 2. The van der Waals surface area contributed by atoms with Crippen molar-refractivity contribution in [2.75, 3.05) is 54.1 Å². The lowest BCUT2D eigenvalue weighted by Gasteiger charge is -2.28. The van der Waals surface area contributed by atoms with Crippen LogP contribution in [0.4, 0.5) is 0 Å². The Morgan fingerprint density at radius 1 is 0.672 bits per heavy atom. The predicted octanol–water partition coefficient (Wildman–Crippen LogP) is 8.52. The van der Waals surface area contributed by atoms with E-state index in [1.807, 2.05) is 39.4 Å². The topological polar surface area (TPSA) is 175 Å². The summed E-state index contributed by atoms with van der Waals surface area (Å²) in [6.07, 6.45) is 38.3. The molecule has 0 aliphatic rings. The number of nitrogens with zero attached hydrogens (tertiary/aromatic N) is 1. The molecule has 0 saturated heterocycles. The minimum atomic E-state index is -4.65. The molecule has 0 aromatic heterocycles. The van der Waals surface area contributed by atoms with Gasteiger partial charge in [0.1, 0.15) is 19.3 Å². The number of phosphoric ester groups is 1. The van der Waals surface area contributed by atoms with Crippen LogP contribution in [-0.4, -0.2) is 116 Å². The summed E-state index contributed by atoms with van der Waals surface area (Å²) in [5, 5.41) is 39.8. The maximum atomic E-state index is 12.7. The smallest absolute Gasteiger partial charge is 0.306 e. The van der Waals surface area contributed by atoms with Gasteiger partial charge in [-0.3, -0.25) is 9.36 Å². The zero-order valence-corrected chi connectivity index (χ0v) is 39.2. The average molecular weight is 882 g/mol. The molecule has 352 valence electrons. The molecule has 0 aliphatic heterocycles. The van der Waals surface area contributed by atoms with Gasteiger partial charge in [0.2, 0.25) is 0 Å². The Kier molecular flexibility index (Phi) is 37.5. The monoisotopic (exact) mass is 882 g/mol. The molecule has 0 aromatic carbocycles. The Labute approximate surface area is 369 Å². The van der Waals surface area contributed by atoms with E-state index < -0.39 is 50.9 Å². The van der Waals surface area contributed by atoms with Crippen LogP contribution in [0.5, 0.6) is 0 Å². The highest BCUT2D eigenvalue weighted by Crippen LogP contribution is 2.38. The van der Waals surface area contributed by atoms with E-state index in [0.29, 0.717) is 30.5 Å². The van der Waals surface area contributed by atoms with Crippen molar-refractivity contribution in [2.45, 2.75) is 160 Å². The van der Waals surface area contributed by atoms with E-state index in [-0.39, 0.29) is 26.1 Å². The van der Waals surface area contributed by atoms with Gasteiger partial charge >= 0.3 is 5.97 Å². The molecule has 0 rings (SSSR count). The third-order valence-electron chi connectivity index (χ3n) is 9.21. The fourth-order valence-corrected chi connectivity index (χ4v) is 6.33. The lowest BCUT2D eigenvalue weighted by molar-refractivity contribution is -0.870. The highest BCUT2D eigenvalue weighted by molar-refractivity contribution is 7.45. The number of quaternary nitrogens is 1. The number of likely N-dealkylation sites (N-methyl/N-ethyl adjacent to an activating group) is 1. The second-order valence-electron chi connectivity index (χ2n) is 16.5. The van der Waals surface area contributed by atoms with Crippen molar-refractivity contribution >= 4 is 13.8 Å². The number of allylic oxidation sites excluding steroid dienone is 8. The quantitative estimate of drug-likeness (QED) is 0.0116. The summed E-state index contributed by atoms with van der Waals surface area (Å²) < 4.78 is 34.2. The number of aliphatic hydroxyl groups excluding tert-OH is 4. The molecular formula is C48H84NO11P. The Balaban J connectivity index is 4.66. The van der Waals surface area contributed by atoms with Gasteiger partial charge in [0.05, 0.1) is 58.8 Å². The van der Waals surface area contributed by atoms with Crippen LogP contribution in [0.2, 0.25) is 0 Å². The molecule has 61 heavy (non-hydrogen) atoms. The maximum absolute atomic E-state index is 12.7. The van der Waals surface area contributed by atoms with E-state index in [0.717, 1.165) is 32.1 Å². The van der Waals surface area contributed by atoms with Gasteiger partial charge in [-0.25, -0.2) is 0 Å². The predicted molar refractivity (Wildman–Crippen MR) is 246 cm³/mol. The van der Waals surface area contributed by atoms with E-state index in [1.54, 1.807) is 43.4 Å². The van der Waals surface area contributed by atoms with Crippen LogP contribution in [0, 0.1) is 0 Å². The van der Waals surface area contributed by atoms with Crippen LogP contribution >= 0.6 is 7.82 Å². The molecule has 12 nitrogen and oxygen atoms in total. The molecule has 0 aliphatic carbocycles. The van der Waals surface area contributed by atoms with Crippen LogP contribution in [0.1, 0.15) is 129 Å². The Bertz CT molecular complexity index is 1320. The fraction of sp³-hybridized carbons (Fsp3) is 0.688. The van der Waals surface area contributed by atoms with Crippen molar-refractivity contribution in [2.24, 2.45) is 0 Å². The summed E-state index contributed by atoms with van der Waals surface area (Å²) in [6, 6.07) is 0. The third kappa shape index (κ3) is 43.9. The summed E-state index contributed by atoms with van der Waals surface area (Å²) >= 11 is 0. The lowest BCUT2D eigenvalue weighted by atomic mass is 10.1. The second-order valence-corrected chi connectivity index (χ2v) is 17.9. The molecule has 0 aromatic rings. The summed E-state index contributed by atoms with van der Waals surface area (Å²) in [4.78, 5) is 25.1. The molecular weight excluding hydrogens is 797 g/mol. The molecule has 13 heteroatoms. The van der Waals surface area contributed by atoms with E-state index in [4.69, 9.17) is 18.5 Å². The van der Waals surface area contributed by atoms with Gasteiger partial charge in [-0.2, -0.15) is 0 Å². The van der Waals surface area contributed by atoms with Crippen LogP contribution < -0.4 is 4.89 Å². The number of hydrogen-bond donors (Lipinski definition) is 4. The van der Waals surface area contributed by atoms with Crippen molar-refractivity contribution in [1.29, 1.82) is 0 Å². The van der Waals surface area contributed by atoms with E-state index in [1.165, 1.54) is 76.0 Å². The van der Waals surface area contributed by atoms with Gasteiger partial charge in [-0.15, -0.1) is 0 Å². The van der Waals surface area contributed by atoms with E-state index in [9.17, 15) is 34.7 Å². The number of rotatable bonds is 40. The molecule has 0 bridgehead atoms. The van der Waals surface area contributed by atoms with Gasteiger partial charge in [0.25, 0.3) is 7.82 Å². The van der Waals surface area contributed by atoms with Gasteiger partial charge in [-0.05, 0) is 58.3 Å². The minimum Gasteiger partial charge on any atom is -0.756 e. The van der Waals surface area contributed by atoms with Crippen LogP contribution in [0.15, 0.2) is 85.1 Å². The number of esters is 1. The first-order valence-electron chi connectivity index (χ1n) is 22.7. The number of aliphatic hydroxyl groups is 4. The molecule has 0 radical (unpaired) electrons. The van der Waals surface area contributed by atoms with Crippen molar-refractivity contribution in [3.8, 4) is 0 Å². The van der Waals surface area contributed by atoms with Crippen LogP contribution in [-0.2, 0) is 27.9 Å². The van der Waals surface area contributed by atoms with Gasteiger partial charge in [0, 0.05) is 13.0 Å². The summed E-state index contributed by atoms with van der Waals surface area (Å²) in [7, 11) is 1.08. The standard InChI is InChI=1S/C48H84NO11P/c1-6-7-8-9-10-11-12-13-14-15-16-17-18-19-24-29-39-57-41-47(42-59-61(55,56)58-40-38-49(3,4)5)60-48(54)37-36-46(53)35-34-45(52)33-28-23-22-27-32-44(51)31-26-21-20-25-30-43(2)50/h13-14,21-23,25-28,30,32-35,43-47,50-53H,6-12,15-20,24,29,31,36-42H2,1-5H3/b14-13-,23-22+,26-21+,30-25-,32-27-,33-28+,35-34+. The second kappa shape index (κ2) is 39.1. The van der Waals surface area contributed by atoms with Crippen molar-refractivity contribution in [3.63, 3.8) is 0 Å². The largest absolute Gasteiger partial charge is 0.756 e. The maximum Gasteiger partial charge on any atom is 0.306 e. The van der Waals surface area contributed by atoms with Gasteiger partial charge < -0.3 is 48.3 Å². The first-order valence-corrected chi connectivity index (χ1v) is 24.2. The number of unbranched alkanes of at least 4 members (excludes halogenated alkanes) is 12. The van der Waals surface area contributed by atoms with E-state index in [2.05, 4.69) is 19.1 Å². The van der Waals surface area contributed by atoms with E-state index >= 15 is 0 Å². The Hall–Kier alpha value is -2.48. The molecule has 0 amide bonds. The number of carbonyl (C=O) groups is 1. The summed E-state index contributed by atoms with van der Waals surface area (Å²) in [5.74, 6) is -0.654. The zero-order chi connectivity index (χ0) is 45.5. The normalized spacial score (nSPS) is 16.6. The highest BCUT2D eigenvalue weighted by Gasteiger charge is 2.21. The number of phosphoric acid groups is 1. The molecule has 0 spiro atoms. The first-order chi connectivity index (χ1) is 29.1. The summed E-state index contributed by atoms with van der Waals surface area (Å²) in [5.41, 5.74) is 0. The fourth-order valence-electron chi connectivity index (χ4n) is 5.60. The highest BCUT2D eigenvalue weighted by atomic mass is 31.2. The van der Waals surface area contributed by atoms with Crippen molar-refractivity contribution in [1.82, 2.24) is 0 Å². The van der Waals surface area contributed by atoms with Crippen molar-refractivity contribution < 1.29 is 57.7 Å². The van der Waals surface area contributed by atoms with Crippen molar-refractivity contribution in [3.05, 3.63) is 85.1 Å². The molecule has 4 N–H and O–H groups in total. The Morgan fingerprint density at radius 2 is 1.30 bits per heavy atom. The molecule has 0 fully saturated rings. The zero-order valence-electron chi connectivity index (χ0n) is 38.3. The summed E-state index contributed by atoms with van der Waals surface area (Å²) in [6.45, 7) is 4.24. The SMILES string of the molecule is CCCCCCCC/C=C\CCCCCCCCOCC(COP(=O)([O-])OCC[N+](C)(C)C)OC(=O)CCC(O)/C=C/C(O)/C=C/C=C/C=C\C(O)C/C=C/C/C=C\C(C)O. The van der Waals surface area contributed by atoms with Gasteiger partial charge in [-0.1, -0.05) is 150 Å². The molecule has 6 atom stereocenters. The lowest BCUT2D eigenvalue weighted by Crippen LogP contribution is -2.37. The molecule has 0 saturated carbocycles. The average Bonchev–Trinajstić information content (AvgIpc) is 3.19. The minimum absolute atomic E-state index is 0.0185. The molecule has 6 unspecified atom stereocenters. The molecule has 0 heterocycles. The van der Waals surface area contributed by atoms with Gasteiger partial charge in [0.15, 0.2) is 0 Å². The Morgan fingerprint density at radius 3 is 1.93 bits per heavy atom. The number of carbonyl (C=O) groups excluding carboxylic acids is 1. The van der Waals surface area contributed by atoms with Crippen LogP contribution in [0.3, 0.4) is 0 Å².